The molecule has 0 atom stereocenters. The van der Waals surface area contributed by atoms with E-state index in [9.17, 15) is 0 Å². The summed E-state index contributed by atoms with van der Waals surface area (Å²) in [4.78, 5) is 0. The predicted molar refractivity (Wildman–Crippen MR) is 77.5 cm³/mol. The van der Waals surface area contributed by atoms with Crippen LogP contribution in [0.2, 0.25) is 0 Å². The van der Waals surface area contributed by atoms with Crippen molar-refractivity contribution < 1.29 is 4.74 Å². The van der Waals surface area contributed by atoms with Crippen molar-refractivity contribution in [3.63, 3.8) is 0 Å². The maximum Gasteiger partial charge on any atom is 0.191 e. The zero-order valence-electron chi connectivity index (χ0n) is 11.8. The molecule has 0 N–H and O–H groups in total. The molecule has 4 nitrogen and oxygen atoms in total. The van der Waals surface area contributed by atoms with Crippen LogP contribution in [0, 0.1) is 6.92 Å². The minimum atomic E-state index is 0.436. The highest BCUT2D eigenvalue weighted by Crippen LogP contribution is 2.21. The first-order chi connectivity index (χ1) is 9.06. The maximum atomic E-state index is 5.71. The minimum absolute atomic E-state index is 0.436. The van der Waals surface area contributed by atoms with E-state index in [1.807, 2.05) is 35.9 Å². The Morgan fingerprint density at radius 2 is 1.89 bits per heavy atom. The summed E-state index contributed by atoms with van der Waals surface area (Å²) >= 11 is 1.70. The van der Waals surface area contributed by atoms with Gasteiger partial charge >= 0.3 is 0 Å². The van der Waals surface area contributed by atoms with Gasteiger partial charge in [0.15, 0.2) is 11.0 Å². The van der Waals surface area contributed by atoms with Gasteiger partial charge in [-0.1, -0.05) is 43.3 Å². The largest absolute Gasteiger partial charge is 0.486 e. The van der Waals surface area contributed by atoms with Crippen LogP contribution in [0.15, 0.2) is 29.4 Å². The van der Waals surface area contributed by atoms with Crippen LogP contribution in [0.25, 0.3) is 0 Å². The highest BCUT2D eigenvalue weighted by atomic mass is 32.2. The van der Waals surface area contributed by atoms with Crippen LogP contribution in [0.5, 0.6) is 5.75 Å². The van der Waals surface area contributed by atoms with Gasteiger partial charge in [0.2, 0.25) is 0 Å². The average molecular weight is 277 g/mol. The molecule has 0 saturated carbocycles. The summed E-state index contributed by atoms with van der Waals surface area (Å²) in [6.45, 7) is 6.77. The highest BCUT2D eigenvalue weighted by Gasteiger charge is 2.11. The summed E-state index contributed by atoms with van der Waals surface area (Å²) in [5, 5.41) is 9.77. The lowest BCUT2D eigenvalue weighted by atomic mass is 10.2. The van der Waals surface area contributed by atoms with Crippen molar-refractivity contribution >= 4 is 11.8 Å². The van der Waals surface area contributed by atoms with Crippen molar-refractivity contribution in [2.75, 3.05) is 0 Å². The number of thioether (sulfide) groups is 1. The molecular weight excluding hydrogens is 258 g/mol. The molecule has 0 aliphatic carbocycles. The van der Waals surface area contributed by atoms with Gasteiger partial charge in [-0.2, -0.15) is 0 Å². The van der Waals surface area contributed by atoms with Crippen LogP contribution in [0.1, 0.15) is 25.2 Å². The van der Waals surface area contributed by atoms with Gasteiger partial charge in [0, 0.05) is 12.3 Å². The van der Waals surface area contributed by atoms with Crippen molar-refractivity contribution in [2.45, 2.75) is 37.8 Å². The first-order valence-electron chi connectivity index (χ1n) is 6.30. The topological polar surface area (TPSA) is 39.9 Å². The molecule has 1 aromatic carbocycles. The summed E-state index contributed by atoms with van der Waals surface area (Å²) in [7, 11) is 1.97. The fourth-order valence-electron chi connectivity index (χ4n) is 1.57. The van der Waals surface area contributed by atoms with E-state index >= 15 is 0 Å². The van der Waals surface area contributed by atoms with E-state index in [0.717, 1.165) is 16.7 Å². The molecule has 0 radical (unpaired) electrons. The zero-order valence-corrected chi connectivity index (χ0v) is 12.6. The van der Waals surface area contributed by atoms with Gasteiger partial charge in [-0.25, -0.2) is 0 Å². The molecule has 19 heavy (non-hydrogen) atoms. The van der Waals surface area contributed by atoms with Gasteiger partial charge in [-0.15, -0.1) is 10.2 Å². The summed E-state index contributed by atoms with van der Waals surface area (Å²) < 4.78 is 7.70. The van der Waals surface area contributed by atoms with Gasteiger partial charge in [0.1, 0.15) is 12.4 Å². The first-order valence-corrected chi connectivity index (χ1v) is 7.18. The lowest BCUT2D eigenvalue weighted by Crippen LogP contribution is -2.04. The smallest absolute Gasteiger partial charge is 0.191 e. The number of ether oxygens (including phenoxy) is 1. The van der Waals surface area contributed by atoms with Gasteiger partial charge in [-0.3, -0.25) is 0 Å². The van der Waals surface area contributed by atoms with Gasteiger partial charge in [0.05, 0.1) is 0 Å². The number of aromatic nitrogens is 3. The molecule has 0 saturated heterocycles. The normalized spacial score (nSPS) is 11.0. The van der Waals surface area contributed by atoms with E-state index in [0.29, 0.717) is 11.9 Å². The third-order valence-electron chi connectivity index (χ3n) is 2.66. The molecule has 2 aromatic rings. The molecular formula is C14H19N3OS. The summed E-state index contributed by atoms with van der Waals surface area (Å²) in [6, 6.07) is 8.00. The Bertz CT molecular complexity index is 534. The zero-order chi connectivity index (χ0) is 13.8. The summed E-state index contributed by atoms with van der Waals surface area (Å²) in [6.07, 6.45) is 0. The SMILES string of the molecule is Cc1ccc(OCc2nnc(SC(C)C)n2C)cc1. The monoisotopic (exact) mass is 277 g/mol. The van der Waals surface area contributed by atoms with Crippen LogP contribution in [-0.4, -0.2) is 20.0 Å². The molecule has 0 fully saturated rings. The molecule has 102 valence electrons. The van der Waals surface area contributed by atoms with Crippen LogP contribution < -0.4 is 4.74 Å². The number of aryl methyl sites for hydroxylation is 1. The third kappa shape index (κ3) is 3.73. The molecule has 2 rings (SSSR count). The minimum Gasteiger partial charge on any atom is -0.486 e. The molecule has 0 amide bonds. The lowest BCUT2D eigenvalue weighted by molar-refractivity contribution is 0.290. The van der Waals surface area contributed by atoms with Crippen molar-refractivity contribution in [3.05, 3.63) is 35.7 Å². The van der Waals surface area contributed by atoms with Crippen molar-refractivity contribution in [3.8, 4) is 5.75 Å². The Kier molecular flexibility index (Phi) is 4.47. The third-order valence-corrected chi connectivity index (χ3v) is 3.69. The van der Waals surface area contributed by atoms with Crippen LogP contribution in [0.4, 0.5) is 0 Å². The van der Waals surface area contributed by atoms with E-state index in [2.05, 4.69) is 31.0 Å². The molecule has 5 heteroatoms. The van der Waals surface area contributed by atoms with E-state index in [4.69, 9.17) is 4.74 Å². The van der Waals surface area contributed by atoms with Crippen LogP contribution in [-0.2, 0) is 13.7 Å². The Morgan fingerprint density at radius 3 is 2.53 bits per heavy atom. The number of hydrogen-bond donors (Lipinski definition) is 0. The quantitative estimate of drug-likeness (QED) is 0.787. The lowest BCUT2D eigenvalue weighted by Gasteiger charge is -2.07. The van der Waals surface area contributed by atoms with Gasteiger partial charge in [0.25, 0.3) is 0 Å². The second-order valence-electron chi connectivity index (χ2n) is 4.73. The van der Waals surface area contributed by atoms with E-state index in [1.54, 1.807) is 11.8 Å². The van der Waals surface area contributed by atoms with Crippen molar-refractivity contribution in [2.24, 2.45) is 7.05 Å². The van der Waals surface area contributed by atoms with Crippen LogP contribution in [0.3, 0.4) is 0 Å². The molecule has 0 aliphatic rings. The second-order valence-corrected chi connectivity index (χ2v) is 6.27. The summed E-state index contributed by atoms with van der Waals surface area (Å²) in [5.41, 5.74) is 1.22. The number of benzene rings is 1. The fourth-order valence-corrected chi connectivity index (χ4v) is 2.34. The first kappa shape index (κ1) is 13.9. The van der Waals surface area contributed by atoms with Crippen molar-refractivity contribution in [1.82, 2.24) is 14.8 Å². The molecule has 0 spiro atoms. The number of rotatable bonds is 5. The molecule has 0 bridgehead atoms. The Labute approximate surface area is 118 Å². The summed E-state index contributed by atoms with van der Waals surface area (Å²) in [5.74, 6) is 1.69. The molecule has 1 aromatic heterocycles. The van der Waals surface area contributed by atoms with Gasteiger partial charge < -0.3 is 9.30 Å². The Balaban J connectivity index is 2.00. The maximum absolute atomic E-state index is 5.71. The number of hydrogen-bond acceptors (Lipinski definition) is 4. The molecule has 0 unspecified atom stereocenters. The van der Waals surface area contributed by atoms with Crippen LogP contribution >= 0.6 is 11.8 Å². The van der Waals surface area contributed by atoms with Crippen molar-refractivity contribution in [1.29, 1.82) is 0 Å². The Hall–Kier alpha value is -1.49. The Morgan fingerprint density at radius 1 is 1.21 bits per heavy atom. The average Bonchev–Trinajstić information content (AvgIpc) is 2.70. The predicted octanol–water partition coefficient (Wildman–Crippen LogP) is 3.20. The fraction of sp³-hybridized carbons (Fsp3) is 0.429. The highest BCUT2D eigenvalue weighted by molar-refractivity contribution is 7.99. The van der Waals surface area contributed by atoms with Gasteiger partial charge in [-0.05, 0) is 19.1 Å². The second kappa shape index (κ2) is 6.10. The van der Waals surface area contributed by atoms with E-state index in [-0.39, 0.29) is 0 Å². The standard InChI is InChI=1S/C14H19N3OS/c1-10(2)19-14-16-15-13(17(14)4)9-18-12-7-5-11(3)6-8-12/h5-8,10H,9H2,1-4H3. The molecule has 1 heterocycles. The molecule has 0 aliphatic heterocycles. The van der Waals surface area contributed by atoms with E-state index < -0.39 is 0 Å². The number of nitrogens with zero attached hydrogens (tertiary/aromatic N) is 3. The van der Waals surface area contributed by atoms with E-state index in [1.165, 1.54) is 5.56 Å².